The van der Waals surface area contributed by atoms with Gasteiger partial charge in [-0.2, -0.15) is 0 Å². The van der Waals surface area contributed by atoms with Crippen LogP contribution < -0.4 is 5.32 Å². The number of piperazine rings is 1. The molecule has 170 valence electrons. The topological polar surface area (TPSA) is 125 Å². The van der Waals surface area contributed by atoms with Crippen LogP contribution in [0.25, 0.3) is 0 Å². The number of carbonyl (C=O) groups is 2. The lowest BCUT2D eigenvalue weighted by Crippen LogP contribution is -2.49. The number of anilines is 1. The van der Waals surface area contributed by atoms with E-state index in [0.717, 1.165) is 13.0 Å². The number of nitrogens with zero attached hydrogens (tertiary/aromatic N) is 2. The van der Waals surface area contributed by atoms with Gasteiger partial charge >= 0.3 is 11.9 Å². The molecule has 3 rings (SSSR count). The van der Waals surface area contributed by atoms with Crippen LogP contribution in [0.15, 0.2) is 60.7 Å². The SMILES string of the molecule is CC(CN1CCN(CCc2ccccc2)CC1)Nc1ccccc1.O.O=C(O)C(=O)O. The van der Waals surface area contributed by atoms with Gasteiger partial charge in [0.25, 0.3) is 0 Å². The number of hydrogen-bond donors (Lipinski definition) is 3. The van der Waals surface area contributed by atoms with Crippen molar-refractivity contribution >= 4 is 17.6 Å². The van der Waals surface area contributed by atoms with E-state index < -0.39 is 11.9 Å². The van der Waals surface area contributed by atoms with Gasteiger partial charge in [-0.25, -0.2) is 9.59 Å². The highest BCUT2D eigenvalue weighted by molar-refractivity contribution is 6.27. The number of carboxylic acids is 2. The monoisotopic (exact) mass is 431 g/mol. The molecule has 0 saturated carbocycles. The molecule has 0 amide bonds. The lowest BCUT2D eigenvalue weighted by Gasteiger charge is -2.36. The van der Waals surface area contributed by atoms with Crippen molar-refractivity contribution in [3.05, 3.63) is 66.2 Å². The molecule has 31 heavy (non-hydrogen) atoms. The molecular formula is C23H33N3O5. The number of benzene rings is 2. The van der Waals surface area contributed by atoms with Gasteiger partial charge in [0.05, 0.1) is 0 Å². The minimum atomic E-state index is -1.82. The zero-order valence-electron chi connectivity index (χ0n) is 17.9. The number of hydrogen-bond acceptors (Lipinski definition) is 5. The van der Waals surface area contributed by atoms with Crippen LogP contribution in [0.4, 0.5) is 5.69 Å². The largest absolute Gasteiger partial charge is 0.473 e. The normalized spacial score (nSPS) is 15.0. The summed E-state index contributed by atoms with van der Waals surface area (Å²) in [5.41, 5.74) is 2.66. The van der Waals surface area contributed by atoms with Crippen molar-refractivity contribution in [2.45, 2.75) is 19.4 Å². The fourth-order valence-corrected chi connectivity index (χ4v) is 3.38. The summed E-state index contributed by atoms with van der Waals surface area (Å²) in [5, 5.41) is 18.4. The molecule has 5 N–H and O–H groups in total. The van der Waals surface area contributed by atoms with Crippen LogP contribution in [0.2, 0.25) is 0 Å². The number of para-hydroxylation sites is 1. The molecule has 1 fully saturated rings. The minimum absolute atomic E-state index is 0. The van der Waals surface area contributed by atoms with Gasteiger partial charge in [0.15, 0.2) is 0 Å². The molecule has 0 bridgehead atoms. The Labute approximate surface area is 183 Å². The van der Waals surface area contributed by atoms with E-state index in [1.54, 1.807) is 0 Å². The third kappa shape index (κ3) is 10.6. The van der Waals surface area contributed by atoms with Gasteiger partial charge in [0.2, 0.25) is 0 Å². The standard InChI is InChI=1S/C21H29N3.C2H2O4.H2O/c1-19(22-21-10-6-3-7-11-21)18-24-16-14-23(15-17-24)13-12-20-8-4-2-5-9-20;3-1(4)2(5)6;/h2-11,19,22H,12-18H2,1H3;(H,3,4)(H,5,6);1H2. The first-order chi connectivity index (χ1) is 14.4. The predicted molar refractivity (Wildman–Crippen MR) is 121 cm³/mol. The maximum atomic E-state index is 9.10. The Kier molecular flexibility index (Phi) is 11.9. The van der Waals surface area contributed by atoms with Crippen molar-refractivity contribution < 1.29 is 25.3 Å². The van der Waals surface area contributed by atoms with Gasteiger partial charge in [-0.3, -0.25) is 4.90 Å². The summed E-state index contributed by atoms with van der Waals surface area (Å²) in [7, 11) is 0. The summed E-state index contributed by atoms with van der Waals surface area (Å²) in [5.74, 6) is -3.65. The second kappa shape index (κ2) is 14.1. The van der Waals surface area contributed by atoms with Gasteiger partial charge in [-0.05, 0) is 31.0 Å². The Hall–Kier alpha value is -2.94. The Morgan fingerprint density at radius 1 is 0.871 bits per heavy atom. The summed E-state index contributed by atoms with van der Waals surface area (Å²) in [4.78, 5) is 23.4. The van der Waals surface area contributed by atoms with E-state index >= 15 is 0 Å². The van der Waals surface area contributed by atoms with Crippen LogP contribution in [0, 0.1) is 0 Å². The van der Waals surface area contributed by atoms with Crippen molar-refractivity contribution in [1.82, 2.24) is 9.80 Å². The van der Waals surface area contributed by atoms with Gasteiger partial charge in [0.1, 0.15) is 0 Å². The number of rotatable bonds is 7. The molecule has 1 unspecified atom stereocenters. The Balaban J connectivity index is 0.000000607. The summed E-state index contributed by atoms with van der Waals surface area (Å²) in [6.45, 7) is 9.28. The van der Waals surface area contributed by atoms with Gasteiger partial charge in [-0.1, -0.05) is 48.5 Å². The Bertz CT molecular complexity index is 753. The van der Waals surface area contributed by atoms with Crippen LogP contribution in [-0.2, 0) is 16.0 Å². The maximum absolute atomic E-state index is 9.10. The van der Waals surface area contributed by atoms with Gasteiger partial charge in [-0.15, -0.1) is 0 Å². The average molecular weight is 432 g/mol. The van der Waals surface area contributed by atoms with Crippen LogP contribution >= 0.6 is 0 Å². The second-order valence-electron chi connectivity index (χ2n) is 7.40. The highest BCUT2D eigenvalue weighted by Crippen LogP contribution is 2.10. The van der Waals surface area contributed by atoms with Crippen LogP contribution in [0.3, 0.4) is 0 Å². The predicted octanol–water partition coefficient (Wildman–Crippen LogP) is 1.68. The molecule has 2 aromatic carbocycles. The molecule has 0 radical (unpaired) electrons. The smallest absolute Gasteiger partial charge is 0.414 e. The summed E-state index contributed by atoms with van der Waals surface area (Å²) in [6.07, 6.45) is 1.16. The first-order valence-corrected chi connectivity index (χ1v) is 10.2. The maximum Gasteiger partial charge on any atom is 0.414 e. The average Bonchev–Trinajstić information content (AvgIpc) is 2.75. The fourth-order valence-electron chi connectivity index (χ4n) is 3.38. The molecule has 8 nitrogen and oxygen atoms in total. The Morgan fingerprint density at radius 2 is 1.35 bits per heavy atom. The van der Waals surface area contributed by atoms with E-state index in [9.17, 15) is 0 Å². The molecule has 0 spiro atoms. The third-order valence-corrected chi connectivity index (χ3v) is 4.93. The molecule has 1 heterocycles. The molecular weight excluding hydrogens is 398 g/mol. The zero-order chi connectivity index (χ0) is 21.8. The molecule has 2 aromatic rings. The lowest BCUT2D eigenvalue weighted by atomic mass is 10.1. The van der Waals surface area contributed by atoms with Crippen molar-refractivity contribution in [1.29, 1.82) is 0 Å². The van der Waals surface area contributed by atoms with Crippen molar-refractivity contribution in [3.8, 4) is 0 Å². The molecule has 0 aliphatic carbocycles. The van der Waals surface area contributed by atoms with Gasteiger partial charge in [0, 0.05) is 51.0 Å². The molecule has 1 aliphatic rings. The van der Waals surface area contributed by atoms with E-state index in [0.29, 0.717) is 6.04 Å². The summed E-state index contributed by atoms with van der Waals surface area (Å²) < 4.78 is 0. The molecule has 1 atom stereocenters. The first-order valence-electron chi connectivity index (χ1n) is 10.2. The van der Waals surface area contributed by atoms with E-state index in [1.807, 2.05) is 0 Å². The zero-order valence-corrected chi connectivity index (χ0v) is 17.9. The van der Waals surface area contributed by atoms with E-state index in [2.05, 4.69) is 82.7 Å². The third-order valence-electron chi connectivity index (χ3n) is 4.93. The van der Waals surface area contributed by atoms with E-state index in [1.165, 1.54) is 44.0 Å². The fraction of sp³-hybridized carbons (Fsp3) is 0.391. The van der Waals surface area contributed by atoms with Crippen molar-refractivity contribution in [2.24, 2.45) is 0 Å². The van der Waals surface area contributed by atoms with Gasteiger partial charge < -0.3 is 25.9 Å². The second-order valence-corrected chi connectivity index (χ2v) is 7.40. The lowest BCUT2D eigenvalue weighted by molar-refractivity contribution is -0.159. The number of carboxylic acid groups (broad SMARTS) is 2. The van der Waals surface area contributed by atoms with Crippen LogP contribution in [0.1, 0.15) is 12.5 Å². The van der Waals surface area contributed by atoms with E-state index in [-0.39, 0.29) is 5.48 Å². The minimum Gasteiger partial charge on any atom is -0.473 e. The Morgan fingerprint density at radius 3 is 1.87 bits per heavy atom. The summed E-state index contributed by atoms with van der Waals surface area (Å²) >= 11 is 0. The van der Waals surface area contributed by atoms with E-state index in [4.69, 9.17) is 19.8 Å². The number of nitrogens with one attached hydrogen (secondary N) is 1. The quantitative estimate of drug-likeness (QED) is 0.570. The van der Waals surface area contributed by atoms with Crippen molar-refractivity contribution in [2.75, 3.05) is 44.6 Å². The van der Waals surface area contributed by atoms with Crippen LogP contribution in [-0.4, -0.2) is 82.7 Å². The molecule has 1 aliphatic heterocycles. The van der Waals surface area contributed by atoms with Crippen molar-refractivity contribution in [3.63, 3.8) is 0 Å². The molecule has 0 aromatic heterocycles. The molecule has 8 heteroatoms. The first kappa shape index (κ1) is 26.1. The highest BCUT2D eigenvalue weighted by atomic mass is 16.4. The molecule has 1 saturated heterocycles. The van der Waals surface area contributed by atoms with Crippen LogP contribution in [0.5, 0.6) is 0 Å². The summed E-state index contributed by atoms with van der Waals surface area (Å²) in [6, 6.07) is 21.8. The number of aliphatic carboxylic acids is 2. The highest BCUT2D eigenvalue weighted by Gasteiger charge is 2.18.